The highest BCUT2D eigenvalue weighted by atomic mass is 35.5. The van der Waals surface area contributed by atoms with Crippen molar-refractivity contribution in [1.29, 1.82) is 5.26 Å². The van der Waals surface area contributed by atoms with Gasteiger partial charge in [-0.2, -0.15) is 5.26 Å². The molecule has 178 valence electrons. The Morgan fingerprint density at radius 3 is 2.31 bits per heavy atom. The molecule has 4 aromatic rings. The van der Waals surface area contributed by atoms with Crippen molar-refractivity contribution in [3.05, 3.63) is 112 Å². The van der Waals surface area contributed by atoms with E-state index in [0.29, 0.717) is 43.7 Å². The fourth-order valence-corrected chi connectivity index (χ4v) is 4.86. The van der Waals surface area contributed by atoms with E-state index >= 15 is 0 Å². The molecule has 0 atom stereocenters. The lowest BCUT2D eigenvalue weighted by molar-refractivity contribution is 0.101. The van der Waals surface area contributed by atoms with E-state index < -0.39 is 0 Å². The molecule has 4 rings (SSSR count). The molecule has 5 nitrogen and oxygen atoms in total. The van der Waals surface area contributed by atoms with Gasteiger partial charge in [-0.3, -0.25) is 9.59 Å². The molecule has 7 heteroatoms. The molecule has 36 heavy (non-hydrogen) atoms. The van der Waals surface area contributed by atoms with Crippen molar-refractivity contribution in [3.8, 4) is 17.2 Å². The lowest BCUT2D eigenvalue weighted by atomic mass is 9.94. The van der Waals surface area contributed by atoms with Crippen molar-refractivity contribution in [3.63, 3.8) is 0 Å². The molecule has 0 aliphatic rings. The number of hydrogen-bond acceptors (Lipinski definition) is 5. The van der Waals surface area contributed by atoms with E-state index in [1.165, 1.54) is 11.8 Å². The largest absolute Gasteiger partial charge is 0.322 e. The van der Waals surface area contributed by atoms with Crippen LogP contribution in [0.5, 0.6) is 0 Å². The Bertz CT molecular complexity index is 1480. The van der Waals surface area contributed by atoms with Crippen LogP contribution in [0.3, 0.4) is 0 Å². The van der Waals surface area contributed by atoms with Crippen LogP contribution in [0.1, 0.15) is 37.5 Å². The molecule has 0 unspecified atom stereocenters. The topological polar surface area (TPSA) is 82.8 Å². The molecular weight excluding hydrogens is 490 g/mol. The number of rotatable bonds is 7. The third-order valence-corrected chi connectivity index (χ3v) is 6.87. The number of anilines is 1. The third kappa shape index (κ3) is 5.49. The van der Waals surface area contributed by atoms with Gasteiger partial charge in [0.05, 0.1) is 22.6 Å². The Labute approximate surface area is 219 Å². The van der Waals surface area contributed by atoms with Crippen LogP contribution in [0, 0.1) is 25.2 Å². The van der Waals surface area contributed by atoms with Gasteiger partial charge in [0.25, 0.3) is 5.91 Å². The van der Waals surface area contributed by atoms with E-state index in [9.17, 15) is 14.9 Å². The molecule has 0 spiro atoms. The molecule has 0 fully saturated rings. The zero-order chi connectivity index (χ0) is 25.7. The number of thioether (sulfide) groups is 1. The highest BCUT2D eigenvalue weighted by molar-refractivity contribution is 8.00. The van der Waals surface area contributed by atoms with Crippen molar-refractivity contribution in [1.82, 2.24) is 4.98 Å². The minimum Gasteiger partial charge on any atom is -0.322 e. The van der Waals surface area contributed by atoms with Gasteiger partial charge in [-0.05, 0) is 43.2 Å². The minimum atomic E-state index is -0.368. The van der Waals surface area contributed by atoms with Crippen molar-refractivity contribution in [2.45, 2.75) is 18.9 Å². The number of nitriles is 1. The number of para-hydroxylation sites is 1. The number of aromatic nitrogens is 1. The number of benzene rings is 3. The number of ketones is 1. The average molecular weight is 512 g/mol. The van der Waals surface area contributed by atoms with Gasteiger partial charge in [-0.1, -0.05) is 84.0 Å². The molecule has 0 bridgehead atoms. The monoisotopic (exact) mass is 511 g/mol. The maximum atomic E-state index is 13.5. The maximum Gasteiger partial charge on any atom is 0.258 e. The predicted octanol–water partition coefficient (Wildman–Crippen LogP) is 7.12. The second-order valence-corrected chi connectivity index (χ2v) is 9.49. The van der Waals surface area contributed by atoms with E-state index in [4.69, 9.17) is 11.6 Å². The van der Waals surface area contributed by atoms with E-state index in [1.54, 1.807) is 43.3 Å². The number of nitrogens with zero attached hydrogens (tertiary/aromatic N) is 2. The zero-order valence-electron chi connectivity index (χ0n) is 19.7. The second kappa shape index (κ2) is 11.2. The summed E-state index contributed by atoms with van der Waals surface area (Å²) in [5.74, 6) is -0.328. The predicted molar refractivity (Wildman–Crippen MR) is 145 cm³/mol. The fourth-order valence-electron chi connectivity index (χ4n) is 3.81. The Hall–Kier alpha value is -3.92. The number of hydrogen-bond donors (Lipinski definition) is 1. The van der Waals surface area contributed by atoms with Crippen molar-refractivity contribution < 1.29 is 9.59 Å². The standard InChI is InChI=1S/C29H22ClN3O2S/c1-18-8-6-7-11-24(18)33-28(35)26-19(2)32-29(36-17-25(34)20-9-4-3-5-10-20)23(16-31)27(26)21-12-14-22(30)15-13-21/h3-15H,17H2,1-2H3,(H,33,35). The highest BCUT2D eigenvalue weighted by Crippen LogP contribution is 2.36. The molecule has 1 N–H and O–H groups in total. The molecule has 0 saturated heterocycles. The van der Waals surface area contributed by atoms with Crippen LogP contribution in [0.15, 0.2) is 83.9 Å². The SMILES string of the molecule is Cc1ccccc1NC(=O)c1c(C)nc(SCC(=O)c2ccccc2)c(C#N)c1-c1ccc(Cl)cc1. The first-order valence-corrected chi connectivity index (χ1v) is 12.5. The summed E-state index contributed by atoms with van der Waals surface area (Å²) in [6, 6.07) is 25.6. The summed E-state index contributed by atoms with van der Waals surface area (Å²) < 4.78 is 0. The number of pyridine rings is 1. The zero-order valence-corrected chi connectivity index (χ0v) is 21.3. The molecule has 0 radical (unpaired) electrons. The number of nitrogens with one attached hydrogen (secondary N) is 1. The summed E-state index contributed by atoms with van der Waals surface area (Å²) in [4.78, 5) is 30.8. The number of aryl methyl sites for hydroxylation is 2. The van der Waals surface area contributed by atoms with Gasteiger partial charge < -0.3 is 5.32 Å². The summed E-state index contributed by atoms with van der Waals surface area (Å²) in [5.41, 5.74) is 4.30. The molecule has 0 aliphatic carbocycles. The smallest absolute Gasteiger partial charge is 0.258 e. The van der Waals surface area contributed by atoms with Crippen molar-refractivity contribution >= 4 is 40.7 Å². The van der Waals surface area contributed by atoms with Gasteiger partial charge in [0.15, 0.2) is 5.78 Å². The van der Waals surface area contributed by atoms with E-state index in [0.717, 1.165) is 5.56 Å². The number of carbonyl (C=O) groups is 2. The first-order valence-electron chi connectivity index (χ1n) is 11.2. The first-order chi connectivity index (χ1) is 17.4. The summed E-state index contributed by atoms with van der Waals surface area (Å²) in [6.07, 6.45) is 0. The normalized spacial score (nSPS) is 10.5. The minimum absolute atomic E-state index is 0.0710. The van der Waals surface area contributed by atoms with Gasteiger partial charge in [0, 0.05) is 21.8 Å². The molecule has 0 aliphatic heterocycles. The van der Waals surface area contributed by atoms with Crippen LogP contribution in [0.25, 0.3) is 11.1 Å². The molecule has 1 amide bonds. The Balaban J connectivity index is 1.79. The Kier molecular flexibility index (Phi) is 7.84. The van der Waals surface area contributed by atoms with Crippen molar-refractivity contribution in [2.24, 2.45) is 0 Å². The van der Waals surface area contributed by atoms with E-state index in [2.05, 4.69) is 16.4 Å². The highest BCUT2D eigenvalue weighted by Gasteiger charge is 2.25. The Morgan fingerprint density at radius 2 is 1.64 bits per heavy atom. The van der Waals surface area contributed by atoms with E-state index in [-0.39, 0.29) is 23.0 Å². The van der Waals surface area contributed by atoms with Gasteiger partial charge in [0.2, 0.25) is 0 Å². The quantitative estimate of drug-likeness (QED) is 0.211. The second-order valence-electron chi connectivity index (χ2n) is 8.09. The number of amides is 1. The summed E-state index contributed by atoms with van der Waals surface area (Å²) in [5, 5.41) is 14.1. The molecule has 3 aromatic carbocycles. The molecule has 1 aromatic heterocycles. The summed E-state index contributed by atoms with van der Waals surface area (Å²) >= 11 is 7.29. The summed E-state index contributed by atoms with van der Waals surface area (Å²) in [7, 11) is 0. The number of halogens is 1. The van der Waals surface area contributed by atoms with Crippen LogP contribution < -0.4 is 5.32 Å². The lowest BCUT2D eigenvalue weighted by Crippen LogP contribution is -2.18. The molecule has 0 saturated carbocycles. The van der Waals surface area contributed by atoms with E-state index in [1.807, 2.05) is 49.4 Å². The van der Waals surface area contributed by atoms with Gasteiger partial charge in [-0.25, -0.2) is 4.98 Å². The molecular formula is C29H22ClN3O2S. The van der Waals surface area contributed by atoms with Gasteiger partial charge in [0.1, 0.15) is 11.1 Å². The first kappa shape index (κ1) is 25.2. The van der Waals surface area contributed by atoms with Crippen LogP contribution in [-0.2, 0) is 0 Å². The number of carbonyl (C=O) groups excluding carboxylic acids is 2. The van der Waals surface area contributed by atoms with Gasteiger partial charge in [-0.15, -0.1) is 0 Å². The summed E-state index contributed by atoms with van der Waals surface area (Å²) in [6.45, 7) is 3.64. The Morgan fingerprint density at radius 1 is 0.972 bits per heavy atom. The van der Waals surface area contributed by atoms with Crippen molar-refractivity contribution in [2.75, 3.05) is 11.1 Å². The average Bonchev–Trinajstić information content (AvgIpc) is 2.89. The third-order valence-electron chi connectivity index (χ3n) is 5.65. The van der Waals surface area contributed by atoms with Crippen LogP contribution in [0.4, 0.5) is 5.69 Å². The maximum absolute atomic E-state index is 13.5. The molecule has 1 heterocycles. The van der Waals surface area contributed by atoms with Gasteiger partial charge >= 0.3 is 0 Å². The lowest BCUT2D eigenvalue weighted by Gasteiger charge is -2.17. The fraction of sp³-hybridized carbons (Fsp3) is 0.103. The number of Topliss-reactive ketones (excluding diaryl/α,β-unsaturated/α-hetero) is 1. The van der Waals surface area contributed by atoms with Crippen LogP contribution >= 0.6 is 23.4 Å². The van der Waals surface area contributed by atoms with Crippen LogP contribution in [-0.4, -0.2) is 22.4 Å². The van der Waals surface area contributed by atoms with Crippen LogP contribution in [0.2, 0.25) is 5.02 Å².